The number of alkyl carbamates (subject to hydrolysis) is 1. The second-order valence-corrected chi connectivity index (χ2v) is 12.2. The Morgan fingerprint density at radius 3 is 1.95 bits per heavy atom. The van der Waals surface area contributed by atoms with Crippen molar-refractivity contribution < 1.29 is 23.9 Å². The van der Waals surface area contributed by atoms with E-state index in [1.54, 1.807) is 39.2 Å². The lowest BCUT2D eigenvalue weighted by Crippen LogP contribution is -2.57. The zero-order valence-electron chi connectivity index (χ0n) is 25.3. The first-order valence-electron chi connectivity index (χ1n) is 14.0. The number of pyridine rings is 1. The maximum Gasteiger partial charge on any atom is 0.408 e. The van der Waals surface area contributed by atoms with Crippen LogP contribution in [0.25, 0.3) is 0 Å². The summed E-state index contributed by atoms with van der Waals surface area (Å²) in [5.41, 5.74) is 1.38. The Bertz CT molecular complexity index is 1300. The molecule has 2 atom stereocenters. The molecule has 42 heavy (non-hydrogen) atoms. The quantitative estimate of drug-likeness (QED) is 0.305. The third-order valence-corrected chi connectivity index (χ3v) is 5.91. The number of aromatic nitrogens is 1. The molecule has 0 bridgehead atoms. The van der Waals surface area contributed by atoms with E-state index in [1.807, 2.05) is 81.4 Å². The van der Waals surface area contributed by atoms with Crippen LogP contribution >= 0.6 is 0 Å². The van der Waals surface area contributed by atoms with Crippen molar-refractivity contribution >= 4 is 17.9 Å². The van der Waals surface area contributed by atoms with Gasteiger partial charge in [0.15, 0.2) is 0 Å². The van der Waals surface area contributed by atoms with Gasteiger partial charge in [0.05, 0.1) is 0 Å². The number of rotatable bonds is 11. The number of amides is 3. The lowest BCUT2D eigenvalue weighted by Gasteiger charge is -2.28. The number of nitrogens with zero attached hydrogens (tertiary/aromatic N) is 1. The largest absolute Gasteiger partial charge is 0.489 e. The molecule has 3 amide bonds. The first-order valence-corrected chi connectivity index (χ1v) is 14.0. The molecule has 0 radical (unpaired) electrons. The average molecular weight is 575 g/mol. The van der Waals surface area contributed by atoms with Gasteiger partial charge in [-0.3, -0.25) is 14.6 Å². The Balaban J connectivity index is 1.76. The van der Waals surface area contributed by atoms with Gasteiger partial charge in [0, 0.05) is 30.8 Å². The molecule has 1 aromatic heterocycles. The van der Waals surface area contributed by atoms with Gasteiger partial charge >= 0.3 is 6.09 Å². The van der Waals surface area contributed by atoms with Crippen LogP contribution in [0.4, 0.5) is 4.79 Å². The van der Waals surface area contributed by atoms with E-state index in [2.05, 4.69) is 20.9 Å². The van der Waals surface area contributed by atoms with Crippen LogP contribution in [0.2, 0.25) is 0 Å². The van der Waals surface area contributed by atoms with Gasteiger partial charge in [-0.05, 0) is 76.4 Å². The molecular weight excluding hydrogens is 532 g/mol. The highest BCUT2D eigenvalue weighted by molar-refractivity contribution is 5.92. The summed E-state index contributed by atoms with van der Waals surface area (Å²) in [6.45, 7) is 11.3. The van der Waals surface area contributed by atoms with Gasteiger partial charge < -0.3 is 25.4 Å². The van der Waals surface area contributed by atoms with Gasteiger partial charge in [0.2, 0.25) is 11.8 Å². The molecule has 0 saturated carbocycles. The van der Waals surface area contributed by atoms with Crippen LogP contribution in [0.5, 0.6) is 5.75 Å². The molecule has 3 N–H and O–H groups in total. The van der Waals surface area contributed by atoms with Crippen LogP contribution in [0.1, 0.15) is 58.2 Å². The number of hydrogen-bond acceptors (Lipinski definition) is 6. The summed E-state index contributed by atoms with van der Waals surface area (Å²) in [7, 11) is 0. The summed E-state index contributed by atoms with van der Waals surface area (Å²) < 4.78 is 11.3. The fraction of sp³-hybridized carbons (Fsp3) is 0.394. The van der Waals surface area contributed by atoms with E-state index in [-0.39, 0.29) is 18.7 Å². The molecule has 0 aliphatic heterocycles. The van der Waals surface area contributed by atoms with Crippen LogP contribution in [-0.2, 0) is 33.8 Å². The maximum absolute atomic E-state index is 13.6. The smallest absolute Gasteiger partial charge is 0.408 e. The SMILES string of the molecule is CC(C)(C)NC(=O)C(Cc1ccc(OCc2ccccc2)cc1)NC(=O)[C@H](Cc1cccnc1)NC(=O)OC(C)(C)C. The van der Waals surface area contributed by atoms with Gasteiger partial charge in [0.1, 0.15) is 30.0 Å². The highest BCUT2D eigenvalue weighted by Crippen LogP contribution is 2.16. The van der Waals surface area contributed by atoms with E-state index in [0.717, 1.165) is 16.7 Å². The van der Waals surface area contributed by atoms with Gasteiger partial charge in [-0.2, -0.15) is 0 Å². The van der Waals surface area contributed by atoms with Gasteiger partial charge in [-0.15, -0.1) is 0 Å². The molecule has 3 rings (SSSR count). The molecule has 3 aromatic rings. The fourth-order valence-electron chi connectivity index (χ4n) is 4.05. The van der Waals surface area contributed by atoms with Crippen molar-refractivity contribution in [2.45, 2.75) is 84.2 Å². The lowest BCUT2D eigenvalue weighted by atomic mass is 10.0. The Hall–Kier alpha value is -4.40. The van der Waals surface area contributed by atoms with Crippen molar-refractivity contribution in [3.05, 3.63) is 95.8 Å². The third kappa shape index (κ3) is 11.6. The number of carbonyl (C=O) groups excluding carboxylic acids is 3. The normalized spacial score (nSPS) is 12.9. The van der Waals surface area contributed by atoms with Crippen LogP contribution in [0.15, 0.2) is 79.1 Å². The molecule has 9 heteroatoms. The average Bonchev–Trinajstić information content (AvgIpc) is 2.91. The van der Waals surface area contributed by atoms with Crippen molar-refractivity contribution in [2.75, 3.05) is 0 Å². The van der Waals surface area contributed by atoms with Crippen LogP contribution in [-0.4, -0.2) is 46.1 Å². The van der Waals surface area contributed by atoms with Crippen LogP contribution in [0.3, 0.4) is 0 Å². The minimum Gasteiger partial charge on any atom is -0.489 e. The van der Waals surface area contributed by atoms with Crippen molar-refractivity contribution in [1.82, 2.24) is 20.9 Å². The summed E-state index contributed by atoms with van der Waals surface area (Å²) in [6, 6.07) is 19.0. The van der Waals surface area contributed by atoms with Gasteiger partial charge in [0.25, 0.3) is 0 Å². The zero-order valence-corrected chi connectivity index (χ0v) is 25.3. The fourth-order valence-corrected chi connectivity index (χ4v) is 4.05. The van der Waals surface area contributed by atoms with E-state index in [9.17, 15) is 14.4 Å². The maximum atomic E-state index is 13.6. The van der Waals surface area contributed by atoms with Crippen molar-refractivity contribution in [1.29, 1.82) is 0 Å². The number of nitrogens with one attached hydrogen (secondary N) is 3. The highest BCUT2D eigenvalue weighted by Gasteiger charge is 2.30. The minimum atomic E-state index is -0.997. The summed E-state index contributed by atoms with van der Waals surface area (Å²) in [4.78, 5) is 43.7. The summed E-state index contributed by atoms with van der Waals surface area (Å²) in [6.07, 6.45) is 2.93. The summed E-state index contributed by atoms with van der Waals surface area (Å²) >= 11 is 0. The number of ether oxygens (including phenoxy) is 2. The van der Waals surface area contributed by atoms with Crippen LogP contribution in [0, 0.1) is 0 Å². The molecule has 1 unspecified atom stereocenters. The molecule has 0 spiro atoms. The molecule has 2 aromatic carbocycles. The van der Waals surface area contributed by atoms with Crippen molar-refractivity contribution in [3.8, 4) is 5.75 Å². The molecule has 224 valence electrons. The summed E-state index contributed by atoms with van der Waals surface area (Å²) in [5, 5.41) is 8.48. The molecule has 0 fully saturated rings. The third-order valence-electron chi connectivity index (χ3n) is 5.91. The second-order valence-electron chi connectivity index (χ2n) is 12.2. The molecule has 0 aliphatic carbocycles. The predicted octanol–water partition coefficient (Wildman–Crippen LogP) is 4.74. The lowest BCUT2D eigenvalue weighted by molar-refractivity contribution is -0.130. The summed E-state index contributed by atoms with van der Waals surface area (Å²) in [5.74, 6) is -0.153. The number of carbonyl (C=O) groups is 3. The predicted molar refractivity (Wildman–Crippen MR) is 162 cm³/mol. The molecule has 0 aliphatic rings. The molecule has 1 heterocycles. The van der Waals surface area contributed by atoms with Crippen molar-refractivity contribution in [3.63, 3.8) is 0 Å². The number of benzene rings is 2. The number of hydrogen-bond donors (Lipinski definition) is 3. The standard InChI is InChI=1S/C33H42N4O5/c1-32(2,3)37-30(39)28(19-23-14-16-26(17-15-23)41-22-24-11-8-7-9-12-24)35-29(38)27(20-25-13-10-18-34-21-25)36-31(40)42-33(4,5)6/h7-18,21,27-28H,19-20,22H2,1-6H3,(H,35,38)(H,36,40)(H,37,39)/t27-,28?/m0/s1. The van der Waals surface area contributed by atoms with E-state index in [1.165, 1.54) is 0 Å². The first kappa shape index (κ1) is 32.1. The Labute approximate surface area is 248 Å². The zero-order chi connectivity index (χ0) is 30.8. The monoisotopic (exact) mass is 574 g/mol. The minimum absolute atomic E-state index is 0.167. The first-order chi connectivity index (χ1) is 19.8. The van der Waals surface area contributed by atoms with E-state index >= 15 is 0 Å². The second kappa shape index (κ2) is 14.5. The van der Waals surface area contributed by atoms with E-state index in [4.69, 9.17) is 9.47 Å². The van der Waals surface area contributed by atoms with Crippen molar-refractivity contribution in [2.24, 2.45) is 0 Å². The van der Waals surface area contributed by atoms with Crippen LogP contribution < -0.4 is 20.7 Å². The Morgan fingerprint density at radius 2 is 1.36 bits per heavy atom. The molecular formula is C33H42N4O5. The van der Waals surface area contributed by atoms with Gasteiger partial charge in [-0.1, -0.05) is 48.5 Å². The Kier molecular flexibility index (Phi) is 11.1. The topological polar surface area (TPSA) is 119 Å². The van der Waals surface area contributed by atoms with Gasteiger partial charge in [-0.25, -0.2) is 4.79 Å². The molecule has 9 nitrogen and oxygen atoms in total. The Morgan fingerprint density at radius 1 is 0.738 bits per heavy atom. The highest BCUT2D eigenvalue weighted by atomic mass is 16.6. The molecule has 0 saturated heterocycles. The van der Waals surface area contributed by atoms with E-state index in [0.29, 0.717) is 12.4 Å². The van der Waals surface area contributed by atoms with E-state index < -0.39 is 35.2 Å².